The Kier molecular flexibility index (Phi) is 3.19. The minimum Gasteiger partial charge on any atom is -0.384 e. The van der Waals surface area contributed by atoms with Crippen molar-refractivity contribution in [3.05, 3.63) is 23.0 Å². The summed E-state index contributed by atoms with van der Waals surface area (Å²) in [7, 11) is 0. The summed E-state index contributed by atoms with van der Waals surface area (Å²) < 4.78 is 0.697. The summed E-state index contributed by atoms with van der Waals surface area (Å²) in [6.45, 7) is 6.72. The van der Waals surface area contributed by atoms with E-state index in [1.54, 1.807) is 6.08 Å². The van der Waals surface area contributed by atoms with Crippen LogP contribution in [-0.2, 0) is 0 Å². The molecule has 44 valence electrons. The van der Waals surface area contributed by atoms with Crippen molar-refractivity contribution in [2.24, 2.45) is 10.7 Å². The predicted molar refractivity (Wildman–Crippen MR) is 39.9 cm³/mol. The third kappa shape index (κ3) is 3.61. The molecule has 0 saturated heterocycles. The van der Waals surface area contributed by atoms with Crippen molar-refractivity contribution in [3.8, 4) is 0 Å². The van der Waals surface area contributed by atoms with Crippen molar-refractivity contribution in [1.82, 2.24) is 0 Å². The van der Waals surface area contributed by atoms with Gasteiger partial charge in [0, 0.05) is 4.48 Å². The van der Waals surface area contributed by atoms with Crippen molar-refractivity contribution in [1.29, 1.82) is 0 Å². The van der Waals surface area contributed by atoms with Crippen LogP contribution < -0.4 is 5.73 Å². The van der Waals surface area contributed by atoms with E-state index in [9.17, 15) is 0 Å². The molecule has 0 aromatic heterocycles. The topological polar surface area (TPSA) is 38.4 Å². The van der Waals surface area contributed by atoms with Crippen LogP contribution in [0.2, 0.25) is 0 Å². The maximum absolute atomic E-state index is 5.22. The molecule has 0 aromatic carbocycles. The van der Waals surface area contributed by atoms with Gasteiger partial charge in [-0.1, -0.05) is 22.5 Å². The zero-order valence-corrected chi connectivity index (χ0v) is 5.98. The van der Waals surface area contributed by atoms with Crippen LogP contribution in [0.1, 0.15) is 0 Å². The van der Waals surface area contributed by atoms with Gasteiger partial charge in [-0.3, -0.25) is 0 Å². The third-order valence-corrected chi connectivity index (χ3v) is 0.716. The van der Waals surface area contributed by atoms with Crippen LogP contribution in [0, 0.1) is 0 Å². The molecular weight excluding hydrogens is 168 g/mol. The Morgan fingerprint density at radius 2 is 2.25 bits per heavy atom. The van der Waals surface area contributed by atoms with Gasteiger partial charge >= 0.3 is 0 Å². The minimum atomic E-state index is 0.367. The zero-order valence-electron chi connectivity index (χ0n) is 4.39. The highest BCUT2D eigenvalue weighted by molar-refractivity contribution is 9.11. The molecule has 0 bridgehead atoms. The molecule has 0 aliphatic heterocycles. The van der Waals surface area contributed by atoms with E-state index in [2.05, 4.69) is 34.2 Å². The van der Waals surface area contributed by atoms with Crippen LogP contribution in [0.4, 0.5) is 0 Å². The normalized spacial score (nSPS) is 10.9. The van der Waals surface area contributed by atoms with E-state index in [4.69, 9.17) is 5.73 Å². The molecule has 0 saturated carbocycles. The molecule has 0 aliphatic carbocycles. The summed E-state index contributed by atoms with van der Waals surface area (Å²) in [5, 5.41) is 0. The van der Waals surface area contributed by atoms with Crippen molar-refractivity contribution >= 4 is 22.6 Å². The second-order valence-corrected chi connectivity index (χ2v) is 2.19. The van der Waals surface area contributed by atoms with E-state index >= 15 is 0 Å². The average Bonchev–Trinajstić information content (AvgIpc) is 1.65. The van der Waals surface area contributed by atoms with Crippen molar-refractivity contribution in [3.63, 3.8) is 0 Å². The van der Waals surface area contributed by atoms with Gasteiger partial charge in [0.1, 0.15) is 5.82 Å². The first-order valence-corrected chi connectivity index (χ1v) is 2.74. The van der Waals surface area contributed by atoms with Crippen LogP contribution in [0.15, 0.2) is 28.0 Å². The molecule has 0 unspecified atom stereocenters. The maximum Gasteiger partial charge on any atom is 0.123 e. The van der Waals surface area contributed by atoms with E-state index in [1.165, 1.54) is 0 Å². The van der Waals surface area contributed by atoms with E-state index in [0.29, 0.717) is 10.3 Å². The third-order valence-electron chi connectivity index (χ3n) is 0.487. The van der Waals surface area contributed by atoms with E-state index < -0.39 is 0 Å². The number of hydrogen-bond acceptors (Lipinski definition) is 2. The Balaban J connectivity index is 3.94. The van der Waals surface area contributed by atoms with Gasteiger partial charge in [0.2, 0.25) is 0 Å². The quantitative estimate of drug-likeness (QED) is 0.499. The Labute approximate surface area is 56.9 Å². The lowest BCUT2D eigenvalue weighted by Gasteiger charge is -1.86. The molecule has 0 amide bonds. The van der Waals surface area contributed by atoms with Gasteiger partial charge in [-0.15, -0.1) is 0 Å². The van der Waals surface area contributed by atoms with Crippen LogP contribution in [0.3, 0.4) is 0 Å². The molecule has 0 rings (SSSR count). The molecule has 0 atom stereocenters. The van der Waals surface area contributed by atoms with E-state index in [0.717, 1.165) is 0 Å². The number of aliphatic imine (C=N–C) groups is 1. The average molecular weight is 175 g/mol. The highest BCUT2D eigenvalue weighted by Crippen LogP contribution is 2.03. The largest absolute Gasteiger partial charge is 0.384 e. The first-order chi connectivity index (χ1) is 3.66. The van der Waals surface area contributed by atoms with Gasteiger partial charge in [-0.05, 0) is 12.8 Å². The first kappa shape index (κ1) is 7.43. The second kappa shape index (κ2) is 3.43. The van der Waals surface area contributed by atoms with E-state index in [1.807, 2.05) is 0 Å². The lowest BCUT2D eigenvalue weighted by molar-refractivity contribution is 1.26. The maximum atomic E-state index is 5.22. The summed E-state index contributed by atoms with van der Waals surface area (Å²) in [6, 6.07) is 0. The molecule has 0 aliphatic rings. The number of rotatable bonds is 2. The molecule has 0 aromatic rings. The van der Waals surface area contributed by atoms with Crippen LogP contribution in [0.5, 0.6) is 0 Å². The molecule has 0 heterocycles. The van der Waals surface area contributed by atoms with Crippen molar-refractivity contribution < 1.29 is 0 Å². The zero-order chi connectivity index (χ0) is 6.57. The van der Waals surface area contributed by atoms with Crippen LogP contribution >= 0.6 is 15.9 Å². The minimum absolute atomic E-state index is 0.367. The Morgan fingerprint density at radius 1 is 1.75 bits per heavy atom. The number of nitrogens with two attached hydrogens (primary N) is 1. The fraction of sp³-hybridized carbons (Fsp3) is 0. The summed E-state index contributed by atoms with van der Waals surface area (Å²) in [5.74, 6) is 0.367. The van der Waals surface area contributed by atoms with Gasteiger partial charge in [0.05, 0.1) is 0 Å². The molecule has 0 fully saturated rings. The smallest absolute Gasteiger partial charge is 0.123 e. The molecule has 2 nitrogen and oxygen atoms in total. The Morgan fingerprint density at radius 3 is 2.38 bits per heavy atom. The molecule has 8 heavy (non-hydrogen) atoms. The highest BCUT2D eigenvalue weighted by atomic mass is 79.9. The predicted octanol–water partition coefficient (Wildman–Crippen LogP) is 1.40. The van der Waals surface area contributed by atoms with Crippen LogP contribution in [0.25, 0.3) is 0 Å². The second-order valence-electron chi connectivity index (χ2n) is 1.17. The van der Waals surface area contributed by atoms with Gasteiger partial charge in [0.15, 0.2) is 0 Å². The van der Waals surface area contributed by atoms with Crippen LogP contribution in [-0.4, -0.2) is 6.72 Å². The molecule has 0 radical (unpaired) electrons. The fourth-order valence-electron chi connectivity index (χ4n) is 0.206. The number of halogens is 1. The molecule has 0 spiro atoms. The standard InChI is InChI=1S/C5H7BrN2/c1-4(6)3-5(7)8-2/h3H,1-2,7H2/b5-3-. The summed E-state index contributed by atoms with van der Waals surface area (Å²) in [5.41, 5.74) is 5.22. The monoisotopic (exact) mass is 174 g/mol. The highest BCUT2D eigenvalue weighted by Gasteiger charge is 1.80. The van der Waals surface area contributed by atoms with Crippen molar-refractivity contribution in [2.45, 2.75) is 0 Å². The van der Waals surface area contributed by atoms with Gasteiger partial charge in [0.25, 0.3) is 0 Å². The summed E-state index contributed by atoms with van der Waals surface area (Å²) in [4.78, 5) is 3.43. The number of nitrogens with zero attached hydrogens (tertiary/aromatic N) is 1. The van der Waals surface area contributed by atoms with E-state index in [-0.39, 0.29) is 0 Å². The van der Waals surface area contributed by atoms with Gasteiger partial charge in [-0.25, -0.2) is 4.99 Å². The first-order valence-electron chi connectivity index (χ1n) is 1.95. The summed E-state index contributed by atoms with van der Waals surface area (Å²) >= 11 is 3.08. The van der Waals surface area contributed by atoms with Gasteiger partial charge in [-0.2, -0.15) is 0 Å². The summed E-state index contributed by atoms with van der Waals surface area (Å²) in [6.07, 6.45) is 1.58. The lowest BCUT2D eigenvalue weighted by Crippen LogP contribution is -1.90. The molecule has 2 N–H and O–H groups in total. The molecular formula is C5H7BrN2. The molecule has 3 heteroatoms. The van der Waals surface area contributed by atoms with Gasteiger partial charge < -0.3 is 5.73 Å². The Bertz CT molecular complexity index is 137. The number of allylic oxidation sites excluding steroid dienone is 2. The van der Waals surface area contributed by atoms with Crippen molar-refractivity contribution in [2.75, 3.05) is 0 Å². The lowest BCUT2D eigenvalue weighted by atomic mass is 10.5. The number of hydrogen-bond donors (Lipinski definition) is 1. The Hall–Kier alpha value is -0.570. The SMILES string of the molecule is C=N/C(N)=C\C(=C)Br. The fourth-order valence-corrected chi connectivity index (χ4v) is 0.441.